The Morgan fingerprint density at radius 1 is 1.00 bits per heavy atom. The van der Waals surface area contributed by atoms with Gasteiger partial charge >= 0.3 is 12.0 Å². The third-order valence-corrected chi connectivity index (χ3v) is 4.69. The van der Waals surface area contributed by atoms with Gasteiger partial charge in [0.1, 0.15) is 0 Å². The zero-order valence-electron chi connectivity index (χ0n) is 18.7. The largest absolute Gasteiger partial charge is 0.452 e. The third kappa shape index (κ3) is 6.41. The normalized spacial score (nSPS) is 10.9. The van der Waals surface area contributed by atoms with Crippen LogP contribution in [0.3, 0.4) is 0 Å². The number of carbonyl (C=O) groups excluding carboxylic acids is 2. The first kappa shape index (κ1) is 23.0. The van der Waals surface area contributed by atoms with Crippen LogP contribution >= 0.6 is 0 Å². The fourth-order valence-corrected chi connectivity index (χ4v) is 2.91. The molecule has 3 rings (SSSR count). The van der Waals surface area contributed by atoms with Crippen molar-refractivity contribution in [3.05, 3.63) is 71.1 Å². The molecule has 0 saturated carbocycles. The third-order valence-electron chi connectivity index (χ3n) is 4.69. The Hall–Kier alpha value is -3.68. The van der Waals surface area contributed by atoms with Crippen LogP contribution in [0.15, 0.2) is 53.1 Å². The molecule has 8 heteroatoms. The van der Waals surface area contributed by atoms with Crippen LogP contribution in [0.1, 0.15) is 61.0 Å². The Balaban J connectivity index is 1.51. The number of benzene rings is 2. The van der Waals surface area contributed by atoms with Crippen molar-refractivity contribution in [3.8, 4) is 11.4 Å². The summed E-state index contributed by atoms with van der Waals surface area (Å²) in [5.41, 5.74) is 3.32. The molecule has 0 radical (unpaired) electrons. The molecule has 0 atom stereocenters. The van der Waals surface area contributed by atoms with E-state index in [-0.39, 0.29) is 24.6 Å². The van der Waals surface area contributed by atoms with Gasteiger partial charge in [-0.3, -0.25) is 0 Å². The molecule has 0 fully saturated rings. The van der Waals surface area contributed by atoms with E-state index in [1.54, 1.807) is 24.3 Å². The Kier molecular flexibility index (Phi) is 7.59. The van der Waals surface area contributed by atoms with Gasteiger partial charge in [0.2, 0.25) is 5.82 Å². The number of aromatic nitrogens is 2. The minimum Gasteiger partial charge on any atom is -0.452 e. The molecular formula is C24H28N4O4. The van der Waals surface area contributed by atoms with Crippen molar-refractivity contribution in [3.63, 3.8) is 0 Å². The molecule has 0 aliphatic rings. The predicted molar refractivity (Wildman–Crippen MR) is 120 cm³/mol. The number of urea groups is 1. The van der Waals surface area contributed by atoms with E-state index in [1.807, 2.05) is 38.1 Å². The predicted octanol–water partition coefficient (Wildman–Crippen LogP) is 4.42. The molecule has 168 valence electrons. The van der Waals surface area contributed by atoms with Crippen molar-refractivity contribution in [1.82, 2.24) is 20.8 Å². The SMILES string of the molecule is CC(C)NC(=O)NCc1ccc(C(=O)OCc2nc(-c3ccc(C(C)C)cc3)no2)cc1. The molecule has 1 heterocycles. The van der Waals surface area contributed by atoms with Crippen LogP contribution in [0.4, 0.5) is 4.79 Å². The lowest BCUT2D eigenvalue weighted by Crippen LogP contribution is -2.39. The summed E-state index contributed by atoms with van der Waals surface area (Å²) < 4.78 is 10.5. The molecule has 0 bridgehead atoms. The zero-order valence-corrected chi connectivity index (χ0v) is 18.7. The minimum atomic E-state index is -0.497. The molecule has 0 saturated heterocycles. The highest BCUT2D eigenvalue weighted by Crippen LogP contribution is 2.20. The molecule has 0 aliphatic carbocycles. The van der Waals surface area contributed by atoms with E-state index in [1.165, 1.54) is 5.56 Å². The van der Waals surface area contributed by atoms with Crippen LogP contribution < -0.4 is 10.6 Å². The molecule has 1 aromatic heterocycles. The van der Waals surface area contributed by atoms with Crippen LogP contribution in [0.25, 0.3) is 11.4 Å². The Labute approximate surface area is 187 Å². The van der Waals surface area contributed by atoms with Gasteiger partial charge in [-0.2, -0.15) is 4.98 Å². The average molecular weight is 437 g/mol. The molecular weight excluding hydrogens is 408 g/mol. The number of amides is 2. The lowest BCUT2D eigenvalue weighted by molar-refractivity contribution is 0.0429. The van der Waals surface area contributed by atoms with Crippen LogP contribution in [0, 0.1) is 0 Å². The van der Waals surface area contributed by atoms with E-state index in [0.29, 0.717) is 23.9 Å². The maximum absolute atomic E-state index is 12.3. The van der Waals surface area contributed by atoms with Gasteiger partial charge in [0, 0.05) is 18.2 Å². The first-order chi connectivity index (χ1) is 15.3. The number of nitrogens with zero attached hydrogens (tertiary/aromatic N) is 2. The standard InChI is InChI=1S/C24H28N4O4/c1-15(2)18-9-11-19(12-10-18)22-27-21(32-28-22)14-31-23(29)20-7-5-17(6-8-20)13-25-24(30)26-16(3)4/h5-12,15-16H,13-14H2,1-4H3,(H2,25,26,30). The summed E-state index contributed by atoms with van der Waals surface area (Å²) in [6, 6.07) is 14.6. The van der Waals surface area contributed by atoms with E-state index in [9.17, 15) is 9.59 Å². The number of carbonyl (C=O) groups is 2. The first-order valence-corrected chi connectivity index (χ1v) is 10.5. The van der Waals surface area contributed by atoms with E-state index in [0.717, 1.165) is 11.1 Å². The summed E-state index contributed by atoms with van der Waals surface area (Å²) in [4.78, 5) is 28.2. The highest BCUT2D eigenvalue weighted by atomic mass is 16.6. The molecule has 8 nitrogen and oxygen atoms in total. The van der Waals surface area contributed by atoms with E-state index < -0.39 is 5.97 Å². The second-order valence-electron chi connectivity index (χ2n) is 8.04. The molecule has 2 N–H and O–H groups in total. The van der Waals surface area contributed by atoms with Crippen molar-refractivity contribution in [2.24, 2.45) is 0 Å². The monoisotopic (exact) mass is 436 g/mol. The Bertz CT molecular complexity index is 1040. The summed E-state index contributed by atoms with van der Waals surface area (Å²) >= 11 is 0. The van der Waals surface area contributed by atoms with Crippen LogP contribution in [-0.4, -0.2) is 28.2 Å². The Morgan fingerprint density at radius 3 is 2.31 bits per heavy atom. The maximum atomic E-state index is 12.3. The van der Waals surface area contributed by atoms with Gasteiger partial charge in [-0.15, -0.1) is 0 Å². The van der Waals surface area contributed by atoms with Crippen LogP contribution in [-0.2, 0) is 17.9 Å². The van der Waals surface area contributed by atoms with Gasteiger partial charge in [-0.1, -0.05) is 55.4 Å². The number of ether oxygens (including phenoxy) is 1. The molecule has 2 aromatic carbocycles. The molecule has 2 amide bonds. The fourth-order valence-electron chi connectivity index (χ4n) is 2.91. The number of hydrogen-bond donors (Lipinski definition) is 2. The molecule has 0 aliphatic heterocycles. The fraction of sp³-hybridized carbons (Fsp3) is 0.333. The summed E-state index contributed by atoms with van der Waals surface area (Å²) in [6.07, 6.45) is 0. The molecule has 32 heavy (non-hydrogen) atoms. The van der Waals surface area contributed by atoms with E-state index in [2.05, 4.69) is 34.6 Å². The quantitative estimate of drug-likeness (QED) is 0.506. The maximum Gasteiger partial charge on any atom is 0.338 e. The van der Waals surface area contributed by atoms with Gasteiger partial charge in [0.25, 0.3) is 5.89 Å². The van der Waals surface area contributed by atoms with Gasteiger partial charge in [0.05, 0.1) is 5.56 Å². The first-order valence-electron chi connectivity index (χ1n) is 10.5. The second kappa shape index (κ2) is 10.6. The molecule has 3 aromatic rings. The number of nitrogens with one attached hydrogen (secondary N) is 2. The highest BCUT2D eigenvalue weighted by molar-refractivity contribution is 5.89. The zero-order chi connectivity index (χ0) is 23.1. The van der Waals surface area contributed by atoms with Gasteiger partial charge in [-0.25, -0.2) is 9.59 Å². The van der Waals surface area contributed by atoms with Gasteiger partial charge < -0.3 is 19.9 Å². The van der Waals surface area contributed by atoms with Crippen LogP contribution in [0.5, 0.6) is 0 Å². The second-order valence-corrected chi connectivity index (χ2v) is 8.04. The summed E-state index contributed by atoms with van der Waals surface area (Å²) in [7, 11) is 0. The summed E-state index contributed by atoms with van der Waals surface area (Å²) in [6.45, 7) is 8.28. The van der Waals surface area contributed by atoms with Crippen molar-refractivity contribution in [1.29, 1.82) is 0 Å². The van der Waals surface area contributed by atoms with Crippen molar-refractivity contribution in [2.45, 2.75) is 52.8 Å². The smallest absolute Gasteiger partial charge is 0.338 e. The van der Waals surface area contributed by atoms with E-state index in [4.69, 9.17) is 9.26 Å². The number of hydrogen-bond acceptors (Lipinski definition) is 6. The number of esters is 1. The summed E-state index contributed by atoms with van der Waals surface area (Å²) in [5.74, 6) is 0.616. The molecule has 0 unspecified atom stereocenters. The van der Waals surface area contributed by atoms with Gasteiger partial charge in [-0.05, 0) is 43.0 Å². The van der Waals surface area contributed by atoms with E-state index >= 15 is 0 Å². The number of rotatable bonds is 8. The minimum absolute atomic E-state index is 0.0625. The topological polar surface area (TPSA) is 106 Å². The van der Waals surface area contributed by atoms with Crippen molar-refractivity contribution in [2.75, 3.05) is 0 Å². The average Bonchev–Trinajstić information content (AvgIpc) is 3.25. The lowest BCUT2D eigenvalue weighted by atomic mass is 10.0. The van der Waals surface area contributed by atoms with Crippen molar-refractivity contribution < 1.29 is 18.8 Å². The lowest BCUT2D eigenvalue weighted by Gasteiger charge is -2.10. The molecule has 0 spiro atoms. The highest BCUT2D eigenvalue weighted by Gasteiger charge is 2.13. The van der Waals surface area contributed by atoms with Crippen molar-refractivity contribution >= 4 is 12.0 Å². The van der Waals surface area contributed by atoms with Crippen LogP contribution in [0.2, 0.25) is 0 Å². The van der Waals surface area contributed by atoms with Gasteiger partial charge in [0.15, 0.2) is 6.61 Å². The Morgan fingerprint density at radius 2 is 1.69 bits per heavy atom. The summed E-state index contributed by atoms with van der Waals surface area (Å²) in [5, 5.41) is 9.46.